The molecule has 2 rings (SSSR count). The molecule has 0 aliphatic carbocycles. The molecule has 0 amide bonds. The second-order valence-electron chi connectivity index (χ2n) is 5.46. The number of benzene rings is 1. The van der Waals surface area contributed by atoms with E-state index in [-0.39, 0.29) is 6.01 Å². The highest BCUT2D eigenvalue weighted by Crippen LogP contribution is 2.25. The zero-order valence-corrected chi connectivity index (χ0v) is 16.2. The average molecular weight is 373 g/mol. The molecule has 0 spiro atoms. The van der Waals surface area contributed by atoms with Gasteiger partial charge in [-0.05, 0) is 42.9 Å². The first-order chi connectivity index (χ1) is 12.6. The van der Waals surface area contributed by atoms with E-state index in [4.69, 9.17) is 9.47 Å². The Bertz CT molecular complexity index is 776. The standard InChI is InChI=1S/C19H23N3O3S/c1-13(17(12-23)26-4)16-11-18(22-19(21-16)25-3)20-10-9-14-5-7-15(24-2)8-6-14/h5-8,11-12H,9-10H2,1-4H3,(H,20,21,22)/b17-13+. The lowest BCUT2D eigenvalue weighted by atomic mass is 10.1. The molecule has 1 aromatic carbocycles. The van der Waals surface area contributed by atoms with Crippen LogP contribution in [0.25, 0.3) is 5.57 Å². The smallest absolute Gasteiger partial charge is 0.318 e. The van der Waals surface area contributed by atoms with E-state index in [0.29, 0.717) is 23.0 Å². The van der Waals surface area contributed by atoms with Crippen molar-refractivity contribution in [1.82, 2.24) is 9.97 Å². The molecule has 2 aromatic rings. The lowest BCUT2D eigenvalue weighted by molar-refractivity contribution is -0.104. The van der Waals surface area contributed by atoms with Gasteiger partial charge in [0.25, 0.3) is 0 Å². The number of ether oxygens (including phenoxy) is 2. The Morgan fingerprint density at radius 2 is 1.92 bits per heavy atom. The van der Waals surface area contributed by atoms with Crippen LogP contribution in [-0.2, 0) is 11.2 Å². The van der Waals surface area contributed by atoms with Crippen LogP contribution in [0.4, 0.5) is 5.82 Å². The number of thioether (sulfide) groups is 1. The number of hydrogen-bond acceptors (Lipinski definition) is 7. The number of aromatic nitrogens is 2. The first-order valence-corrected chi connectivity index (χ1v) is 9.34. The van der Waals surface area contributed by atoms with Crippen LogP contribution in [0, 0.1) is 0 Å². The number of rotatable bonds is 9. The highest BCUT2D eigenvalue weighted by atomic mass is 32.2. The average Bonchev–Trinajstić information content (AvgIpc) is 2.69. The lowest BCUT2D eigenvalue weighted by Gasteiger charge is -2.11. The zero-order valence-electron chi connectivity index (χ0n) is 15.4. The van der Waals surface area contributed by atoms with Crippen molar-refractivity contribution >= 4 is 29.4 Å². The molecule has 138 valence electrons. The number of hydrogen-bond donors (Lipinski definition) is 1. The topological polar surface area (TPSA) is 73.3 Å². The normalized spacial score (nSPS) is 11.5. The van der Waals surface area contributed by atoms with E-state index in [9.17, 15) is 4.79 Å². The number of carbonyl (C=O) groups is 1. The van der Waals surface area contributed by atoms with Crippen molar-refractivity contribution < 1.29 is 14.3 Å². The molecule has 0 aliphatic heterocycles. The number of nitrogens with zero attached hydrogens (tertiary/aromatic N) is 2. The van der Waals surface area contributed by atoms with E-state index in [2.05, 4.69) is 15.3 Å². The van der Waals surface area contributed by atoms with Gasteiger partial charge in [-0.1, -0.05) is 12.1 Å². The van der Waals surface area contributed by atoms with Crippen LogP contribution < -0.4 is 14.8 Å². The van der Waals surface area contributed by atoms with Gasteiger partial charge in [-0.15, -0.1) is 11.8 Å². The summed E-state index contributed by atoms with van der Waals surface area (Å²) in [5, 5.41) is 3.29. The van der Waals surface area contributed by atoms with Gasteiger partial charge < -0.3 is 14.8 Å². The maximum atomic E-state index is 11.2. The monoisotopic (exact) mass is 373 g/mol. The fourth-order valence-electron chi connectivity index (χ4n) is 2.34. The Labute approximate surface area is 158 Å². The molecule has 1 heterocycles. The molecule has 0 aliphatic rings. The first-order valence-electron chi connectivity index (χ1n) is 8.11. The fraction of sp³-hybridized carbons (Fsp3) is 0.316. The van der Waals surface area contributed by atoms with Crippen molar-refractivity contribution in [3.63, 3.8) is 0 Å². The van der Waals surface area contributed by atoms with Crippen molar-refractivity contribution in [3.05, 3.63) is 46.5 Å². The third-order valence-corrected chi connectivity index (χ3v) is 4.69. The Morgan fingerprint density at radius 3 is 2.50 bits per heavy atom. The molecule has 0 fully saturated rings. The molecular weight excluding hydrogens is 350 g/mol. The predicted octanol–water partition coefficient (Wildman–Crippen LogP) is 3.44. The third kappa shape index (κ3) is 5.23. The van der Waals surface area contributed by atoms with Crippen LogP contribution in [-0.4, -0.2) is 43.3 Å². The number of anilines is 1. The molecule has 0 bridgehead atoms. The Kier molecular flexibility index (Phi) is 7.47. The Hall–Kier alpha value is -2.54. The lowest BCUT2D eigenvalue weighted by Crippen LogP contribution is -2.08. The molecular formula is C19H23N3O3S. The van der Waals surface area contributed by atoms with Gasteiger partial charge in [0.15, 0.2) is 6.29 Å². The van der Waals surface area contributed by atoms with Crippen LogP contribution in [0.5, 0.6) is 11.8 Å². The molecule has 0 unspecified atom stereocenters. The van der Waals surface area contributed by atoms with Crippen molar-refractivity contribution in [1.29, 1.82) is 0 Å². The largest absolute Gasteiger partial charge is 0.497 e. The summed E-state index contributed by atoms with van der Waals surface area (Å²) in [7, 11) is 3.18. The molecule has 7 heteroatoms. The van der Waals surface area contributed by atoms with Crippen LogP contribution in [0.15, 0.2) is 35.2 Å². The van der Waals surface area contributed by atoms with Gasteiger partial charge in [0, 0.05) is 12.6 Å². The minimum absolute atomic E-state index is 0.264. The van der Waals surface area contributed by atoms with Gasteiger partial charge in [0.1, 0.15) is 11.6 Å². The van der Waals surface area contributed by atoms with E-state index in [1.165, 1.54) is 24.4 Å². The van der Waals surface area contributed by atoms with Crippen molar-refractivity contribution in [3.8, 4) is 11.8 Å². The number of carbonyl (C=O) groups excluding carboxylic acids is 1. The maximum absolute atomic E-state index is 11.2. The molecule has 6 nitrogen and oxygen atoms in total. The van der Waals surface area contributed by atoms with Gasteiger partial charge in [-0.3, -0.25) is 4.79 Å². The molecule has 1 aromatic heterocycles. The predicted molar refractivity (Wildman–Crippen MR) is 106 cm³/mol. The van der Waals surface area contributed by atoms with Gasteiger partial charge in [-0.25, -0.2) is 0 Å². The SMILES string of the molecule is COc1ccc(CCNc2cc(/C(C)=C(\C=O)SC)nc(OC)n2)cc1. The summed E-state index contributed by atoms with van der Waals surface area (Å²) in [6, 6.07) is 10.0. The van der Waals surface area contributed by atoms with E-state index in [0.717, 1.165) is 24.0 Å². The minimum Gasteiger partial charge on any atom is -0.497 e. The summed E-state index contributed by atoms with van der Waals surface area (Å²) in [5.41, 5.74) is 2.66. The van der Waals surface area contributed by atoms with Gasteiger partial charge in [0.05, 0.1) is 24.8 Å². The quantitative estimate of drug-likeness (QED) is 0.533. The minimum atomic E-state index is 0.264. The summed E-state index contributed by atoms with van der Waals surface area (Å²) in [6.07, 6.45) is 3.54. The maximum Gasteiger partial charge on any atom is 0.318 e. The first kappa shape index (κ1) is 19.8. The van der Waals surface area contributed by atoms with Gasteiger partial charge >= 0.3 is 6.01 Å². The fourth-order valence-corrected chi connectivity index (χ4v) is 2.85. The van der Waals surface area contributed by atoms with E-state index in [1.807, 2.05) is 43.5 Å². The van der Waals surface area contributed by atoms with Gasteiger partial charge in [-0.2, -0.15) is 9.97 Å². The number of aldehydes is 1. The highest BCUT2D eigenvalue weighted by Gasteiger charge is 2.10. The zero-order chi connectivity index (χ0) is 18.9. The summed E-state index contributed by atoms with van der Waals surface area (Å²) in [4.78, 5) is 20.5. The number of methoxy groups -OCH3 is 2. The van der Waals surface area contributed by atoms with E-state index in [1.54, 1.807) is 7.11 Å². The van der Waals surface area contributed by atoms with Crippen molar-refractivity contribution in [2.75, 3.05) is 32.3 Å². The summed E-state index contributed by atoms with van der Waals surface area (Å²) < 4.78 is 10.4. The molecule has 0 atom stereocenters. The summed E-state index contributed by atoms with van der Waals surface area (Å²) in [5.74, 6) is 1.50. The van der Waals surface area contributed by atoms with Crippen molar-refractivity contribution in [2.24, 2.45) is 0 Å². The Morgan fingerprint density at radius 1 is 1.19 bits per heavy atom. The molecule has 1 N–H and O–H groups in total. The van der Waals surface area contributed by atoms with Crippen LogP contribution in [0.2, 0.25) is 0 Å². The van der Waals surface area contributed by atoms with Crippen LogP contribution in [0.1, 0.15) is 18.2 Å². The molecule has 0 saturated carbocycles. The van der Waals surface area contributed by atoms with Crippen molar-refractivity contribution in [2.45, 2.75) is 13.3 Å². The third-order valence-electron chi connectivity index (χ3n) is 3.85. The number of nitrogens with one attached hydrogen (secondary N) is 1. The second kappa shape index (κ2) is 9.82. The Balaban J connectivity index is 2.12. The highest BCUT2D eigenvalue weighted by molar-refractivity contribution is 8.03. The summed E-state index contributed by atoms with van der Waals surface area (Å²) in [6.45, 7) is 2.57. The van der Waals surface area contributed by atoms with E-state index >= 15 is 0 Å². The van der Waals surface area contributed by atoms with Crippen LogP contribution in [0.3, 0.4) is 0 Å². The van der Waals surface area contributed by atoms with Gasteiger partial charge in [0.2, 0.25) is 0 Å². The number of allylic oxidation sites excluding steroid dienone is 2. The summed E-state index contributed by atoms with van der Waals surface area (Å²) >= 11 is 1.39. The second-order valence-corrected chi connectivity index (χ2v) is 6.31. The molecule has 26 heavy (non-hydrogen) atoms. The molecule has 0 saturated heterocycles. The van der Waals surface area contributed by atoms with E-state index < -0.39 is 0 Å². The van der Waals surface area contributed by atoms with Crippen LogP contribution >= 0.6 is 11.8 Å². The molecule has 0 radical (unpaired) electrons.